The Morgan fingerprint density at radius 2 is 1.68 bits per heavy atom. The maximum atomic E-state index is 13.8. The zero-order valence-corrected chi connectivity index (χ0v) is 10.8. The van der Waals surface area contributed by atoms with Gasteiger partial charge >= 0.3 is 0 Å². The summed E-state index contributed by atoms with van der Waals surface area (Å²) in [6.45, 7) is 0. The Morgan fingerprint density at radius 3 is 2.32 bits per heavy atom. The summed E-state index contributed by atoms with van der Waals surface area (Å²) in [6, 6.07) is 8.54. The summed E-state index contributed by atoms with van der Waals surface area (Å²) in [7, 11) is 1.42. The third-order valence-electron chi connectivity index (χ3n) is 2.45. The zero-order chi connectivity index (χ0) is 13.8. The molecule has 96 valence electrons. The summed E-state index contributed by atoms with van der Waals surface area (Å²) >= 11 is 5.70. The highest BCUT2D eigenvalue weighted by Crippen LogP contribution is 2.26. The Balaban J connectivity index is 2.44. The van der Waals surface area contributed by atoms with Crippen LogP contribution in [-0.2, 0) is 0 Å². The van der Waals surface area contributed by atoms with E-state index in [1.165, 1.54) is 37.4 Å². The smallest absolute Gasteiger partial charge is 0.161 e. The minimum absolute atomic E-state index is 0.0239. The van der Waals surface area contributed by atoms with E-state index in [0.717, 1.165) is 0 Å². The second-order valence-corrected chi connectivity index (χ2v) is 4.10. The molecule has 0 amide bonds. The fourth-order valence-electron chi connectivity index (χ4n) is 1.49. The largest absolute Gasteiger partial charge is 0.495 e. The second-order valence-electron chi connectivity index (χ2n) is 3.70. The van der Waals surface area contributed by atoms with Gasteiger partial charge in [0.05, 0.1) is 12.1 Å². The van der Waals surface area contributed by atoms with Crippen molar-refractivity contribution in [1.82, 2.24) is 0 Å². The molecule has 0 unspecified atom stereocenters. The lowest BCUT2D eigenvalue weighted by molar-refractivity contribution is 0.410. The van der Waals surface area contributed by atoms with Crippen molar-refractivity contribution < 1.29 is 13.5 Å². The number of ether oxygens (including phenoxy) is 1. The number of hydrogen-bond acceptors (Lipinski definition) is 1. The Hall–Kier alpha value is -2.05. The zero-order valence-electron chi connectivity index (χ0n) is 10.0. The standard InChI is InChI=1S/C15H9ClF2O/c1-19-14-9-8-13(16)15(18)12(14)7-4-10-2-5-11(17)6-3-10/h2-3,5-6,8-9H,1H3. The molecular weight excluding hydrogens is 270 g/mol. The van der Waals surface area contributed by atoms with Crippen LogP contribution in [0.5, 0.6) is 5.75 Å². The predicted octanol–water partition coefficient (Wildman–Crippen LogP) is 4.03. The fraction of sp³-hybridized carbons (Fsp3) is 0.0667. The van der Waals surface area contributed by atoms with Crippen molar-refractivity contribution in [2.24, 2.45) is 0 Å². The Labute approximate surface area is 114 Å². The third-order valence-corrected chi connectivity index (χ3v) is 2.74. The number of benzene rings is 2. The van der Waals surface area contributed by atoms with Crippen molar-refractivity contribution in [1.29, 1.82) is 0 Å². The minimum Gasteiger partial charge on any atom is -0.495 e. The third kappa shape index (κ3) is 3.04. The number of halogens is 3. The molecule has 0 aromatic heterocycles. The lowest BCUT2D eigenvalue weighted by Crippen LogP contribution is -1.92. The molecule has 2 aromatic carbocycles. The van der Waals surface area contributed by atoms with Gasteiger partial charge in [-0.25, -0.2) is 8.78 Å². The van der Waals surface area contributed by atoms with Gasteiger partial charge in [-0.15, -0.1) is 0 Å². The Kier molecular flexibility index (Phi) is 4.03. The molecule has 1 nitrogen and oxygen atoms in total. The van der Waals surface area contributed by atoms with E-state index < -0.39 is 5.82 Å². The van der Waals surface area contributed by atoms with Gasteiger partial charge < -0.3 is 4.74 Å². The van der Waals surface area contributed by atoms with Crippen molar-refractivity contribution >= 4 is 11.6 Å². The van der Waals surface area contributed by atoms with Crippen LogP contribution in [0.2, 0.25) is 5.02 Å². The average molecular weight is 279 g/mol. The number of hydrogen-bond donors (Lipinski definition) is 0. The minimum atomic E-state index is -0.629. The normalized spacial score (nSPS) is 9.68. The van der Waals surface area contributed by atoms with E-state index in [1.54, 1.807) is 6.07 Å². The van der Waals surface area contributed by atoms with E-state index >= 15 is 0 Å². The molecule has 0 aliphatic rings. The van der Waals surface area contributed by atoms with Gasteiger partial charge in [0.1, 0.15) is 17.1 Å². The highest BCUT2D eigenvalue weighted by molar-refractivity contribution is 6.30. The molecule has 4 heteroatoms. The highest BCUT2D eigenvalue weighted by Gasteiger charge is 2.10. The van der Waals surface area contributed by atoms with Gasteiger partial charge in [-0.1, -0.05) is 23.4 Å². The van der Waals surface area contributed by atoms with Gasteiger partial charge in [0, 0.05) is 5.56 Å². The van der Waals surface area contributed by atoms with Gasteiger partial charge in [0.25, 0.3) is 0 Å². The molecule has 0 spiro atoms. The molecule has 2 rings (SSSR count). The van der Waals surface area contributed by atoms with Crippen LogP contribution in [0.3, 0.4) is 0 Å². The van der Waals surface area contributed by atoms with E-state index in [1.807, 2.05) is 0 Å². The molecule has 0 heterocycles. The molecule has 0 fully saturated rings. The molecule has 0 saturated carbocycles. The van der Waals surface area contributed by atoms with Crippen molar-refractivity contribution in [2.45, 2.75) is 0 Å². The van der Waals surface area contributed by atoms with Gasteiger partial charge in [0.15, 0.2) is 5.82 Å². The summed E-state index contributed by atoms with van der Waals surface area (Å²) in [5, 5.41) is -0.0239. The summed E-state index contributed by atoms with van der Waals surface area (Å²) in [6.07, 6.45) is 0. The van der Waals surface area contributed by atoms with Crippen LogP contribution >= 0.6 is 11.6 Å². The molecule has 0 atom stereocenters. The molecule has 0 aliphatic carbocycles. The molecule has 0 aliphatic heterocycles. The van der Waals surface area contributed by atoms with E-state index in [-0.39, 0.29) is 16.4 Å². The van der Waals surface area contributed by atoms with Crippen LogP contribution in [0.1, 0.15) is 11.1 Å². The first kappa shape index (κ1) is 13.4. The van der Waals surface area contributed by atoms with Gasteiger partial charge in [-0.05, 0) is 36.4 Å². The molecular formula is C15H9ClF2O. The van der Waals surface area contributed by atoms with E-state index in [4.69, 9.17) is 16.3 Å². The van der Waals surface area contributed by atoms with E-state index in [9.17, 15) is 8.78 Å². The van der Waals surface area contributed by atoms with Crippen LogP contribution < -0.4 is 4.74 Å². The van der Waals surface area contributed by atoms with Crippen LogP contribution in [0, 0.1) is 23.5 Å². The molecule has 0 bridgehead atoms. The molecule has 0 N–H and O–H groups in total. The summed E-state index contributed by atoms with van der Waals surface area (Å²) < 4.78 is 31.6. The first-order valence-corrected chi connectivity index (χ1v) is 5.79. The van der Waals surface area contributed by atoms with Crippen LogP contribution in [0.25, 0.3) is 0 Å². The van der Waals surface area contributed by atoms with Gasteiger partial charge in [-0.3, -0.25) is 0 Å². The summed E-state index contributed by atoms with van der Waals surface area (Å²) in [5.74, 6) is 4.71. The van der Waals surface area contributed by atoms with Crippen molar-refractivity contribution in [3.05, 3.63) is 64.2 Å². The molecule has 2 aromatic rings. The Morgan fingerprint density at radius 1 is 1.00 bits per heavy atom. The van der Waals surface area contributed by atoms with Crippen molar-refractivity contribution in [2.75, 3.05) is 7.11 Å². The first-order chi connectivity index (χ1) is 9.11. The summed E-state index contributed by atoms with van der Waals surface area (Å²) in [4.78, 5) is 0. The molecule has 19 heavy (non-hydrogen) atoms. The maximum absolute atomic E-state index is 13.8. The van der Waals surface area contributed by atoms with E-state index in [2.05, 4.69) is 11.8 Å². The van der Waals surface area contributed by atoms with Gasteiger partial charge in [-0.2, -0.15) is 0 Å². The van der Waals surface area contributed by atoms with Crippen molar-refractivity contribution in [3.63, 3.8) is 0 Å². The lowest BCUT2D eigenvalue weighted by atomic mass is 10.1. The van der Waals surface area contributed by atoms with Crippen LogP contribution in [0.4, 0.5) is 8.78 Å². The average Bonchev–Trinajstić information content (AvgIpc) is 2.42. The number of rotatable bonds is 1. The summed E-state index contributed by atoms with van der Waals surface area (Å²) in [5.41, 5.74) is 0.655. The second kappa shape index (κ2) is 5.73. The Bertz CT molecular complexity index is 654. The topological polar surface area (TPSA) is 9.23 Å². The fourth-order valence-corrected chi connectivity index (χ4v) is 1.64. The van der Waals surface area contributed by atoms with Gasteiger partial charge in [0.2, 0.25) is 0 Å². The van der Waals surface area contributed by atoms with Crippen LogP contribution in [0.15, 0.2) is 36.4 Å². The highest BCUT2D eigenvalue weighted by atomic mass is 35.5. The lowest BCUT2D eigenvalue weighted by Gasteiger charge is -2.04. The predicted molar refractivity (Wildman–Crippen MR) is 70.3 cm³/mol. The SMILES string of the molecule is COc1ccc(Cl)c(F)c1C#Cc1ccc(F)cc1. The molecule has 0 radical (unpaired) electrons. The quantitative estimate of drug-likeness (QED) is 0.716. The molecule has 0 saturated heterocycles. The van der Waals surface area contributed by atoms with Crippen LogP contribution in [-0.4, -0.2) is 7.11 Å². The van der Waals surface area contributed by atoms with E-state index in [0.29, 0.717) is 11.3 Å². The maximum Gasteiger partial charge on any atom is 0.161 e. The monoisotopic (exact) mass is 278 g/mol. The van der Waals surface area contributed by atoms with Crippen molar-refractivity contribution in [3.8, 4) is 17.6 Å². The first-order valence-electron chi connectivity index (χ1n) is 5.41. The number of methoxy groups -OCH3 is 1.